The molecule has 0 fully saturated rings. The number of azide groups is 1. The number of nitrogens with zero attached hydrogens (tertiary/aromatic N) is 4. The predicted molar refractivity (Wildman–Crippen MR) is 28.9 cm³/mol. The molecule has 0 saturated heterocycles. The van der Waals surface area contributed by atoms with Gasteiger partial charge in [-0.05, 0) is 5.53 Å². The summed E-state index contributed by atoms with van der Waals surface area (Å²) >= 11 is 0. The first-order valence-electron chi connectivity index (χ1n) is 2.03. The fraction of sp³-hybridized carbons (Fsp3) is 0.667. The van der Waals surface area contributed by atoms with Crippen molar-refractivity contribution < 1.29 is 5.21 Å². The van der Waals surface area contributed by atoms with Crippen LogP contribution >= 0.6 is 0 Å². The molecule has 0 spiro atoms. The highest BCUT2D eigenvalue weighted by Crippen LogP contribution is 1.82. The van der Waals surface area contributed by atoms with Crippen LogP contribution in [0.2, 0.25) is 0 Å². The lowest BCUT2D eigenvalue weighted by atomic mass is 10.4. The molecule has 8 heavy (non-hydrogen) atoms. The largest absolute Gasteiger partial charge is 0.411 e. The van der Waals surface area contributed by atoms with E-state index in [1.807, 2.05) is 0 Å². The van der Waals surface area contributed by atoms with Crippen molar-refractivity contribution in [1.82, 2.24) is 0 Å². The summed E-state index contributed by atoms with van der Waals surface area (Å²) in [5.41, 5.74) is 7.78. The Kier molecular flexibility index (Phi) is 3.35. The SMILES string of the molecule is CC(/C=N/O)N=[N+]=[N-]. The van der Waals surface area contributed by atoms with Crippen LogP contribution < -0.4 is 0 Å². The molecule has 1 atom stereocenters. The molecule has 0 heterocycles. The smallest absolute Gasteiger partial charge is 0.0733 e. The van der Waals surface area contributed by atoms with Gasteiger partial charge in [0.15, 0.2) is 0 Å². The maximum Gasteiger partial charge on any atom is 0.0733 e. The van der Waals surface area contributed by atoms with Crippen molar-refractivity contribution in [3.63, 3.8) is 0 Å². The van der Waals surface area contributed by atoms with Gasteiger partial charge in [0.2, 0.25) is 0 Å². The average Bonchev–Trinajstić information content (AvgIpc) is 1.68. The molecule has 0 aromatic rings. The number of hydrogen-bond acceptors (Lipinski definition) is 3. The third-order valence-corrected chi connectivity index (χ3v) is 0.516. The van der Waals surface area contributed by atoms with E-state index in [4.69, 9.17) is 10.7 Å². The Morgan fingerprint density at radius 2 is 2.50 bits per heavy atom. The van der Waals surface area contributed by atoms with Gasteiger partial charge in [-0.25, -0.2) is 0 Å². The molecule has 0 bridgehead atoms. The van der Waals surface area contributed by atoms with Gasteiger partial charge in [0.25, 0.3) is 0 Å². The van der Waals surface area contributed by atoms with E-state index in [1.54, 1.807) is 6.92 Å². The van der Waals surface area contributed by atoms with E-state index in [-0.39, 0.29) is 6.04 Å². The van der Waals surface area contributed by atoms with Gasteiger partial charge in [0, 0.05) is 4.91 Å². The van der Waals surface area contributed by atoms with Crippen molar-refractivity contribution in [1.29, 1.82) is 0 Å². The van der Waals surface area contributed by atoms with Crippen molar-refractivity contribution in [3.05, 3.63) is 10.4 Å². The summed E-state index contributed by atoms with van der Waals surface area (Å²) in [6, 6.07) is -0.370. The average molecular weight is 114 g/mol. The second-order valence-electron chi connectivity index (χ2n) is 1.21. The monoisotopic (exact) mass is 114 g/mol. The molecule has 0 aliphatic carbocycles. The topological polar surface area (TPSA) is 81.4 Å². The number of rotatable bonds is 2. The molecule has 1 unspecified atom stereocenters. The fourth-order valence-corrected chi connectivity index (χ4v) is 0.208. The van der Waals surface area contributed by atoms with Crippen LogP contribution in [0.15, 0.2) is 10.3 Å². The normalized spacial score (nSPS) is 13.1. The second kappa shape index (κ2) is 3.95. The summed E-state index contributed by atoms with van der Waals surface area (Å²) in [6.07, 6.45) is 1.14. The Hall–Kier alpha value is -1.22. The highest BCUT2D eigenvalue weighted by Gasteiger charge is 1.87. The Balaban J connectivity index is 3.64. The molecule has 44 valence electrons. The van der Waals surface area contributed by atoms with Gasteiger partial charge < -0.3 is 5.21 Å². The van der Waals surface area contributed by atoms with Crippen molar-refractivity contribution in [2.45, 2.75) is 13.0 Å². The molecule has 0 saturated carbocycles. The van der Waals surface area contributed by atoms with Crippen LogP contribution in [0.25, 0.3) is 10.4 Å². The van der Waals surface area contributed by atoms with E-state index >= 15 is 0 Å². The van der Waals surface area contributed by atoms with Gasteiger partial charge in [-0.1, -0.05) is 12.0 Å². The maximum atomic E-state index is 7.85. The Morgan fingerprint density at radius 3 is 2.88 bits per heavy atom. The molecular formula is C3H6N4O. The molecule has 0 amide bonds. The molecule has 0 rings (SSSR count). The van der Waals surface area contributed by atoms with E-state index in [9.17, 15) is 0 Å². The number of hydrogen-bond donors (Lipinski definition) is 1. The van der Waals surface area contributed by atoms with Crippen LogP contribution in [0.3, 0.4) is 0 Å². The first-order chi connectivity index (χ1) is 3.81. The van der Waals surface area contributed by atoms with E-state index < -0.39 is 0 Å². The molecule has 0 aromatic heterocycles. The third kappa shape index (κ3) is 2.99. The fourth-order valence-electron chi connectivity index (χ4n) is 0.208. The minimum Gasteiger partial charge on any atom is -0.411 e. The molecular weight excluding hydrogens is 108 g/mol. The Bertz CT molecular complexity index is 125. The highest BCUT2D eigenvalue weighted by molar-refractivity contribution is 5.62. The second-order valence-corrected chi connectivity index (χ2v) is 1.21. The summed E-state index contributed by atoms with van der Waals surface area (Å²) in [5, 5.41) is 13.7. The first-order valence-corrected chi connectivity index (χ1v) is 2.03. The van der Waals surface area contributed by atoms with Crippen molar-refractivity contribution in [2.24, 2.45) is 10.3 Å². The van der Waals surface area contributed by atoms with Crippen molar-refractivity contribution in [3.8, 4) is 0 Å². The van der Waals surface area contributed by atoms with Crippen LogP contribution in [0.5, 0.6) is 0 Å². The quantitative estimate of drug-likeness (QED) is 0.143. The Labute approximate surface area is 46.2 Å². The van der Waals surface area contributed by atoms with Crippen molar-refractivity contribution >= 4 is 6.21 Å². The summed E-state index contributed by atoms with van der Waals surface area (Å²) in [7, 11) is 0. The van der Waals surface area contributed by atoms with Crippen LogP contribution in [-0.2, 0) is 0 Å². The zero-order chi connectivity index (χ0) is 6.41. The van der Waals surface area contributed by atoms with Crippen LogP contribution in [0.4, 0.5) is 0 Å². The minimum absolute atomic E-state index is 0.370. The molecule has 0 aliphatic rings. The summed E-state index contributed by atoms with van der Waals surface area (Å²) in [5.74, 6) is 0. The zero-order valence-corrected chi connectivity index (χ0v) is 4.39. The lowest BCUT2D eigenvalue weighted by molar-refractivity contribution is 0.320. The lowest BCUT2D eigenvalue weighted by Gasteiger charge is -1.86. The highest BCUT2D eigenvalue weighted by atomic mass is 16.4. The van der Waals surface area contributed by atoms with E-state index in [0.717, 1.165) is 6.21 Å². The Morgan fingerprint density at radius 1 is 1.88 bits per heavy atom. The van der Waals surface area contributed by atoms with Crippen LogP contribution in [-0.4, -0.2) is 17.5 Å². The molecule has 5 heteroatoms. The molecule has 0 radical (unpaired) electrons. The summed E-state index contributed by atoms with van der Waals surface area (Å²) in [6.45, 7) is 1.61. The molecule has 1 N–H and O–H groups in total. The van der Waals surface area contributed by atoms with Gasteiger partial charge in [-0.15, -0.1) is 5.16 Å². The van der Waals surface area contributed by atoms with Gasteiger partial charge >= 0.3 is 0 Å². The van der Waals surface area contributed by atoms with Gasteiger partial charge in [0.1, 0.15) is 0 Å². The number of oxime groups is 1. The molecule has 5 nitrogen and oxygen atoms in total. The van der Waals surface area contributed by atoms with Crippen molar-refractivity contribution in [2.75, 3.05) is 0 Å². The summed E-state index contributed by atoms with van der Waals surface area (Å²) < 4.78 is 0. The standard InChI is InChI=1S/C3H6N4O/c1-3(2-5-8)6-7-4/h2-3,8H,1H3/b5-2+. The zero-order valence-electron chi connectivity index (χ0n) is 4.39. The van der Waals surface area contributed by atoms with Gasteiger partial charge in [0.05, 0.1) is 12.3 Å². The van der Waals surface area contributed by atoms with Gasteiger partial charge in [-0.3, -0.25) is 0 Å². The van der Waals surface area contributed by atoms with Gasteiger partial charge in [-0.2, -0.15) is 0 Å². The predicted octanol–water partition coefficient (Wildman–Crippen LogP) is 1.15. The van der Waals surface area contributed by atoms with Crippen LogP contribution in [0, 0.1) is 0 Å². The maximum absolute atomic E-state index is 7.85. The van der Waals surface area contributed by atoms with E-state index in [0.29, 0.717) is 0 Å². The van der Waals surface area contributed by atoms with E-state index in [2.05, 4.69) is 15.2 Å². The molecule has 0 aliphatic heterocycles. The van der Waals surface area contributed by atoms with Crippen LogP contribution in [0.1, 0.15) is 6.92 Å². The minimum atomic E-state index is -0.370. The molecule has 0 aromatic carbocycles. The van der Waals surface area contributed by atoms with E-state index in [1.165, 1.54) is 0 Å². The summed E-state index contributed by atoms with van der Waals surface area (Å²) in [4.78, 5) is 2.48. The third-order valence-electron chi connectivity index (χ3n) is 0.516. The first kappa shape index (κ1) is 6.78. The lowest BCUT2D eigenvalue weighted by Crippen LogP contribution is -1.95.